The molecule has 0 radical (unpaired) electrons. The number of nitrogens with one attached hydrogen (secondary N) is 2. The predicted molar refractivity (Wildman–Crippen MR) is 124 cm³/mol. The zero-order valence-electron chi connectivity index (χ0n) is 18.9. The minimum absolute atomic E-state index is 0.101. The third-order valence-corrected chi connectivity index (χ3v) is 5.74. The van der Waals surface area contributed by atoms with Crippen molar-refractivity contribution in [2.45, 2.75) is 46.3 Å². The number of aryl methyl sites for hydroxylation is 3. The number of amides is 1. The second-order valence-electron chi connectivity index (χ2n) is 7.30. The van der Waals surface area contributed by atoms with Crippen LogP contribution in [0.2, 0.25) is 0 Å². The molecule has 9 heteroatoms. The topological polar surface area (TPSA) is 56.7 Å². The number of benzene rings is 2. The molecule has 174 valence electrons. The summed E-state index contributed by atoms with van der Waals surface area (Å²) >= 11 is 1.22. The summed E-state index contributed by atoms with van der Waals surface area (Å²) in [7, 11) is 3.41. The molecule has 2 aromatic carbocycles. The third-order valence-electron chi connectivity index (χ3n) is 5.12. The Balaban J connectivity index is 2.66. The van der Waals surface area contributed by atoms with Crippen LogP contribution in [0.1, 0.15) is 52.8 Å². The fourth-order valence-corrected chi connectivity index (χ4v) is 4.17. The molecule has 0 aliphatic carbocycles. The number of carbonyl (C=O) groups excluding carboxylic acids is 1. The molecule has 2 N–H and O–H groups in total. The van der Waals surface area contributed by atoms with E-state index < -0.39 is 11.7 Å². The molecule has 0 saturated carbocycles. The van der Waals surface area contributed by atoms with Crippen molar-refractivity contribution in [2.24, 2.45) is 5.10 Å². The second kappa shape index (κ2) is 11.5. The third kappa shape index (κ3) is 6.34. The summed E-state index contributed by atoms with van der Waals surface area (Å²) < 4.78 is 46.3. The van der Waals surface area contributed by atoms with Crippen LogP contribution in [-0.4, -0.2) is 30.5 Å². The molecular formula is C23H29F3N4OS. The smallest absolute Gasteiger partial charge is 0.277 e. The van der Waals surface area contributed by atoms with Gasteiger partial charge in [0.25, 0.3) is 0 Å². The van der Waals surface area contributed by atoms with E-state index in [2.05, 4.69) is 22.2 Å². The van der Waals surface area contributed by atoms with E-state index in [0.29, 0.717) is 17.7 Å². The van der Waals surface area contributed by atoms with Crippen molar-refractivity contribution < 1.29 is 18.0 Å². The molecule has 0 fully saturated rings. The lowest BCUT2D eigenvalue weighted by atomic mass is 9.90. The van der Waals surface area contributed by atoms with Crippen LogP contribution in [0.15, 0.2) is 35.4 Å². The molecule has 0 saturated heterocycles. The normalized spacial score (nSPS) is 12.3. The largest absolute Gasteiger partial charge is 0.416 e. The number of hydrogen-bond acceptors (Lipinski definition) is 5. The Hall–Kier alpha value is -2.36. The van der Waals surface area contributed by atoms with Crippen molar-refractivity contribution in [1.29, 1.82) is 0 Å². The summed E-state index contributed by atoms with van der Waals surface area (Å²) in [6.45, 7) is 6.09. The zero-order valence-corrected chi connectivity index (χ0v) is 19.7. The Morgan fingerprint density at radius 2 is 1.78 bits per heavy atom. The fourth-order valence-electron chi connectivity index (χ4n) is 3.65. The summed E-state index contributed by atoms with van der Waals surface area (Å²) in [4.78, 5) is 10.9. The molecule has 2 aromatic rings. The highest BCUT2D eigenvalue weighted by atomic mass is 32.2. The molecule has 0 spiro atoms. The van der Waals surface area contributed by atoms with Gasteiger partial charge < -0.3 is 0 Å². The van der Waals surface area contributed by atoms with Gasteiger partial charge in [-0.15, -0.1) is 0 Å². The lowest BCUT2D eigenvalue weighted by Gasteiger charge is -2.20. The first kappa shape index (κ1) is 25.9. The number of alkyl halides is 3. The van der Waals surface area contributed by atoms with E-state index >= 15 is 0 Å². The van der Waals surface area contributed by atoms with Gasteiger partial charge in [0.15, 0.2) is 0 Å². The van der Waals surface area contributed by atoms with Crippen LogP contribution in [-0.2, 0) is 30.4 Å². The molecule has 0 atom stereocenters. The Kier molecular flexibility index (Phi) is 9.30. The van der Waals surface area contributed by atoms with Gasteiger partial charge in [-0.25, -0.2) is 9.73 Å². The SMILES string of the molecule is CCc1cc(C)c(/C(=N\NC=O)c2ccc(CN(C)SNC)c(C(F)(F)F)c2)cc1CC. The molecular weight excluding hydrogens is 437 g/mol. The Morgan fingerprint density at radius 3 is 2.34 bits per heavy atom. The van der Waals surface area contributed by atoms with Gasteiger partial charge in [-0.05, 0) is 68.2 Å². The molecule has 32 heavy (non-hydrogen) atoms. The number of nitrogens with zero attached hydrogens (tertiary/aromatic N) is 2. The maximum atomic E-state index is 13.9. The molecule has 0 aliphatic rings. The van der Waals surface area contributed by atoms with Gasteiger partial charge >= 0.3 is 6.18 Å². The van der Waals surface area contributed by atoms with Crippen molar-refractivity contribution in [1.82, 2.24) is 14.5 Å². The Labute approximate surface area is 191 Å². The second-order valence-corrected chi connectivity index (χ2v) is 8.52. The van der Waals surface area contributed by atoms with Crippen LogP contribution in [0.4, 0.5) is 13.2 Å². The maximum absolute atomic E-state index is 13.9. The average Bonchev–Trinajstić information content (AvgIpc) is 2.74. The van der Waals surface area contributed by atoms with Crippen molar-refractivity contribution in [3.63, 3.8) is 0 Å². The molecule has 0 unspecified atom stereocenters. The van der Waals surface area contributed by atoms with E-state index in [9.17, 15) is 18.0 Å². The van der Waals surface area contributed by atoms with Gasteiger partial charge in [0, 0.05) is 29.8 Å². The highest BCUT2D eigenvalue weighted by Gasteiger charge is 2.34. The lowest BCUT2D eigenvalue weighted by molar-refractivity contribution is -0.138. The number of hydrazone groups is 1. The quantitative estimate of drug-likeness (QED) is 0.227. The van der Waals surface area contributed by atoms with Crippen molar-refractivity contribution in [2.75, 3.05) is 14.1 Å². The molecule has 0 bridgehead atoms. The van der Waals surface area contributed by atoms with Crippen LogP contribution in [0.3, 0.4) is 0 Å². The van der Waals surface area contributed by atoms with Gasteiger partial charge in [-0.2, -0.15) is 18.3 Å². The van der Waals surface area contributed by atoms with Crippen LogP contribution in [0, 0.1) is 6.92 Å². The monoisotopic (exact) mass is 466 g/mol. The van der Waals surface area contributed by atoms with E-state index in [-0.39, 0.29) is 17.7 Å². The summed E-state index contributed by atoms with van der Waals surface area (Å²) in [5, 5.41) is 4.12. The van der Waals surface area contributed by atoms with Gasteiger partial charge in [-0.1, -0.05) is 32.0 Å². The predicted octanol–water partition coefficient (Wildman–Crippen LogP) is 4.85. The Bertz CT molecular complexity index is 976. The highest BCUT2D eigenvalue weighted by molar-refractivity contribution is 7.95. The molecule has 0 aliphatic heterocycles. The standard InChI is InChI=1S/C23H29F3N4OS/c1-6-16-10-15(3)20(11-17(16)7-2)22(29-28-14-31)18-8-9-19(13-30(5)32-27-4)21(12-18)23(24,25)26/h8-12,14,27H,6-7,13H2,1-5H3,(H,28,31)/b29-22-. The summed E-state index contributed by atoms with van der Waals surface area (Å²) in [6.07, 6.45) is -2.49. The van der Waals surface area contributed by atoms with E-state index in [1.54, 1.807) is 24.5 Å². The minimum Gasteiger partial charge on any atom is -0.277 e. The zero-order chi connectivity index (χ0) is 23.9. The van der Waals surface area contributed by atoms with Crippen LogP contribution >= 0.6 is 12.1 Å². The van der Waals surface area contributed by atoms with Gasteiger partial charge in [-0.3, -0.25) is 9.52 Å². The van der Waals surface area contributed by atoms with Crippen molar-refractivity contribution in [3.05, 3.63) is 69.3 Å². The summed E-state index contributed by atoms with van der Waals surface area (Å²) in [5.41, 5.74) is 6.14. The highest BCUT2D eigenvalue weighted by Crippen LogP contribution is 2.34. The van der Waals surface area contributed by atoms with Crippen molar-refractivity contribution >= 4 is 24.3 Å². The Morgan fingerprint density at radius 1 is 1.12 bits per heavy atom. The lowest BCUT2D eigenvalue weighted by Crippen LogP contribution is -2.19. The van der Waals surface area contributed by atoms with Crippen molar-refractivity contribution in [3.8, 4) is 0 Å². The number of halogens is 3. The van der Waals surface area contributed by atoms with Crippen LogP contribution < -0.4 is 10.1 Å². The van der Waals surface area contributed by atoms with Gasteiger partial charge in [0.2, 0.25) is 6.41 Å². The average molecular weight is 467 g/mol. The van der Waals surface area contributed by atoms with E-state index in [1.807, 2.05) is 26.0 Å². The van der Waals surface area contributed by atoms with E-state index in [4.69, 9.17) is 0 Å². The van der Waals surface area contributed by atoms with E-state index in [0.717, 1.165) is 30.0 Å². The van der Waals surface area contributed by atoms with E-state index in [1.165, 1.54) is 23.8 Å². The first-order valence-corrected chi connectivity index (χ1v) is 11.1. The summed E-state index contributed by atoms with van der Waals surface area (Å²) in [6, 6.07) is 8.19. The van der Waals surface area contributed by atoms with Gasteiger partial charge in [0.1, 0.15) is 0 Å². The number of hydrogen-bond donors (Lipinski definition) is 2. The molecule has 0 aromatic heterocycles. The summed E-state index contributed by atoms with van der Waals surface area (Å²) in [5.74, 6) is 0. The molecule has 0 heterocycles. The first-order valence-electron chi connectivity index (χ1n) is 10.3. The minimum atomic E-state index is -4.53. The van der Waals surface area contributed by atoms with Crippen LogP contribution in [0.5, 0.6) is 0 Å². The number of rotatable bonds is 10. The maximum Gasteiger partial charge on any atom is 0.416 e. The van der Waals surface area contributed by atoms with Gasteiger partial charge in [0.05, 0.1) is 11.3 Å². The first-order chi connectivity index (χ1) is 15.2. The molecule has 5 nitrogen and oxygen atoms in total. The van der Waals surface area contributed by atoms with Crippen LogP contribution in [0.25, 0.3) is 0 Å². The molecule has 2 rings (SSSR count). The number of carbonyl (C=O) groups is 1. The fraction of sp³-hybridized carbons (Fsp3) is 0.391. The molecule has 1 amide bonds.